The van der Waals surface area contributed by atoms with Gasteiger partial charge in [0.05, 0.1) is 19.8 Å². The first-order valence-electron chi connectivity index (χ1n) is 6.77. The lowest BCUT2D eigenvalue weighted by atomic mass is 10.2. The number of hydrogen-bond donors (Lipinski definition) is 1. The molecule has 7 heteroatoms. The first-order valence-corrected chi connectivity index (χ1v) is 6.77. The Balaban J connectivity index is 1.99. The summed E-state index contributed by atoms with van der Waals surface area (Å²) in [5.41, 5.74) is 0.385. The summed E-state index contributed by atoms with van der Waals surface area (Å²) >= 11 is 0. The van der Waals surface area contributed by atoms with Crippen LogP contribution in [0.1, 0.15) is 16.8 Å². The Kier molecular flexibility index (Phi) is 5.91. The molecule has 1 saturated heterocycles. The van der Waals surface area contributed by atoms with Crippen LogP contribution in [-0.4, -0.2) is 57.3 Å². The average molecular weight is 296 g/mol. The molecule has 0 aliphatic carbocycles. The number of nitrogens with one attached hydrogen (secondary N) is 1. The van der Waals surface area contributed by atoms with Crippen LogP contribution in [0.3, 0.4) is 0 Å². The summed E-state index contributed by atoms with van der Waals surface area (Å²) in [4.78, 5) is 16.3. The van der Waals surface area contributed by atoms with Crippen molar-refractivity contribution in [3.63, 3.8) is 0 Å². The van der Waals surface area contributed by atoms with E-state index in [2.05, 4.69) is 10.3 Å². The van der Waals surface area contributed by atoms with Gasteiger partial charge in [0.25, 0.3) is 5.91 Å². The second-order valence-corrected chi connectivity index (χ2v) is 4.57. The molecule has 1 aliphatic heterocycles. The monoisotopic (exact) mass is 296 g/mol. The predicted molar refractivity (Wildman–Crippen MR) is 74.2 cm³/mol. The van der Waals surface area contributed by atoms with E-state index >= 15 is 0 Å². The highest BCUT2D eigenvalue weighted by molar-refractivity contribution is 5.96. The molecule has 1 aromatic rings. The molecular weight excluding hydrogens is 276 g/mol. The van der Waals surface area contributed by atoms with Crippen molar-refractivity contribution < 1.29 is 23.7 Å². The van der Waals surface area contributed by atoms with Crippen molar-refractivity contribution >= 4 is 5.91 Å². The van der Waals surface area contributed by atoms with Gasteiger partial charge in [0.15, 0.2) is 6.29 Å². The minimum atomic E-state index is -0.488. The quantitative estimate of drug-likeness (QED) is 0.742. The normalized spacial score (nSPS) is 18.0. The van der Waals surface area contributed by atoms with Crippen LogP contribution in [0, 0.1) is 0 Å². The third-order valence-corrected chi connectivity index (χ3v) is 3.14. The molecule has 2 rings (SSSR count). The van der Waals surface area contributed by atoms with Gasteiger partial charge in [0, 0.05) is 26.8 Å². The lowest BCUT2D eigenvalue weighted by Gasteiger charge is -2.16. The number of carbonyl (C=O) groups excluding carboxylic acids is 1. The number of rotatable bonds is 7. The molecule has 1 atom stereocenters. The molecule has 1 fully saturated rings. The van der Waals surface area contributed by atoms with Crippen LogP contribution in [0.25, 0.3) is 0 Å². The molecule has 2 heterocycles. The first-order chi connectivity index (χ1) is 10.2. The number of aromatic nitrogens is 1. The van der Waals surface area contributed by atoms with Crippen LogP contribution in [0.2, 0.25) is 0 Å². The third-order valence-electron chi connectivity index (χ3n) is 3.14. The smallest absolute Gasteiger partial charge is 0.256 e. The topological polar surface area (TPSA) is 78.9 Å². The Hall–Kier alpha value is -1.70. The highest BCUT2D eigenvalue weighted by atomic mass is 16.7. The first kappa shape index (κ1) is 15.7. The van der Waals surface area contributed by atoms with E-state index in [1.807, 2.05) is 0 Å². The molecule has 1 amide bonds. The van der Waals surface area contributed by atoms with E-state index < -0.39 is 6.29 Å². The molecule has 116 valence electrons. The summed E-state index contributed by atoms with van der Waals surface area (Å²) in [5, 5.41) is 2.73. The number of methoxy groups -OCH3 is 2. The standard InChI is InChI=1S/C14H20N2O5/c1-18-12(19-2)8-16-13(17)11-4-3-6-15-14(11)21-10-5-7-20-9-10/h3-4,6,10,12H,5,7-9H2,1-2H3,(H,16,17)/t10-/m1/s1. The summed E-state index contributed by atoms with van der Waals surface area (Å²) in [6.07, 6.45) is 1.85. The Morgan fingerprint density at radius 1 is 1.52 bits per heavy atom. The highest BCUT2D eigenvalue weighted by Gasteiger charge is 2.21. The zero-order valence-electron chi connectivity index (χ0n) is 12.2. The van der Waals surface area contributed by atoms with Crippen molar-refractivity contribution in [3.05, 3.63) is 23.9 Å². The number of carbonyl (C=O) groups is 1. The minimum Gasteiger partial charge on any atom is -0.471 e. The van der Waals surface area contributed by atoms with E-state index in [9.17, 15) is 4.79 Å². The Morgan fingerprint density at radius 3 is 3.00 bits per heavy atom. The van der Waals surface area contributed by atoms with Crippen molar-refractivity contribution in [1.82, 2.24) is 10.3 Å². The van der Waals surface area contributed by atoms with Gasteiger partial charge in [0.2, 0.25) is 5.88 Å². The van der Waals surface area contributed by atoms with Crippen LogP contribution in [-0.2, 0) is 14.2 Å². The largest absolute Gasteiger partial charge is 0.471 e. The molecule has 7 nitrogen and oxygen atoms in total. The number of ether oxygens (including phenoxy) is 4. The van der Waals surface area contributed by atoms with Crippen molar-refractivity contribution in [2.24, 2.45) is 0 Å². The molecule has 0 unspecified atom stereocenters. The summed E-state index contributed by atoms with van der Waals surface area (Å²) in [6.45, 7) is 1.43. The molecule has 0 radical (unpaired) electrons. The third kappa shape index (κ3) is 4.38. The van der Waals surface area contributed by atoms with Gasteiger partial charge in [-0.05, 0) is 12.1 Å². The summed E-state index contributed by atoms with van der Waals surface area (Å²) in [5.74, 6) is 0.0352. The van der Waals surface area contributed by atoms with E-state index in [1.54, 1.807) is 18.3 Å². The van der Waals surface area contributed by atoms with Crippen molar-refractivity contribution in [3.8, 4) is 5.88 Å². The molecule has 21 heavy (non-hydrogen) atoms. The maximum absolute atomic E-state index is 12.2. The van der Waals surface area contributed by atoms with Crippen LogP contribution in [0.5, 0.6) is 5.88 Å². The van der Waals surface area contributed by atoms with Gasteiger partial charge < -0.3 is 24.3 Å². The van der Waals surface area contributed by atoms with Crippen LogP contribution in [0.15, 0.2) is 18.3 Å². The Morgan fingerprint density at radius 2 is 2.33 bits per heavy atom. The predicted octanol–water partition coefficient (Wildman–Crippen LogP) is 0.598. The van der Waals surface area contributed by atoms with Crippen molar-refractivity contribution in [1.29, 1.82) is 0 Å². The highest BCUT2D eigenvalue weighted by Crippen LogP contribution is 2.19. The van der Waals surface area contributed by atoms with Crippen molar-refractivity contribution in [2.45, 2.75) is 18.8 Å². The number of amides is 1. The number of hydrogen-bond acceptors (Lipinski definition) is 6. The lowest BCUT2D eigenvalue weighted by Crippen LogP contribution is -2.34. The SMILES string of the molecule is COC(CNC(=O)c1cccnc1O[C@@H]1CCOC1)OC. The van der Waals surface area contributed by atoms with Gasteiger partial charge in [-0.2, -0.15) is 0 Å². The second kappa shape index (κ2) is 7.92. The van der Waals surface area contributed by atoms with E-state index in [0.717, 1.165) is 6.42 Å². The maximum Gasteiger partial charge on any atom is 0.256 e. The van der Waals surface area contributed by atoms with E-state index in [0.29, 0.717) is 24.7 Å². The van der Waals surface area contributed by atoms with Gasteiger partial charge >= 0.3 is 0 Å². The zero-order chi connectivity index (χ0) is 15.1. The van der Waals surface area contributed by atoms with E-state index in [4.69, 9.17) is 18.9 Å². The Labute approximate surface area is 123 Å². The van der Waals surface area contributed by atoms with Gasteiger partial charge in [-0.1, -0.05) is 0 Å². The van der Waals surface area contributed by atoms with Gasteiger partial charge in [-0.3, -0.25) is 4.79 Å². The molecule has 0 saturated carbocycles. The summed E-state index contributed by atoms with van der Waals surface area (Å²) < 4.78 is 21.0. The van der Waals surface area contributed by atoms with E-state index in [1.165, 1.54) is 14.2 Å². The number of nitrogens with zero attached hydrogens (tertiary/aromatic N) is 1. The van der Waals surface area contributed by atoms with Crippen LogP contribution in [0.4, 0.5) is 0 Å². The molecule has 0 spiro atoms. The minimum absolute atomic E-state index is 0.0582. The van der Waals surface area contributed by atoms with Gasteiger partial charge in [-0.25, -0.2) is 4.98 Å². The molecule has 1 aliphatic rings. The lowest BCUT2D eigenvalue weighted by molar-refractivity contribution is -0.0974. The zero-order valence-corrected chi connectivity index (χ0v) is 12.2. The fourth-order valence-electron chi connectivity index (χ4n) is 1.96. The summed E-state index contributed by atoms with van der Waals surface area (Å²) in [6, 6.07) is 3.36. The fraction of sp³-hybridized carbons (Fsp3) is 0.571. The molecular formula is C14H20N2O5. The fourth-order valence-corrected chi connectivity index (χ4v) is 1.96. The molecule has 0 aromatic carbocycles. The van der Waals surface area contributed by atoms with Gasteiger partial charge in [-0.15, -0.1) is 0 Å². The molecule has 0 bridgehead atoms. The Bertz CT molecular complexity index is 458. The maximum atomic E-state index is 12.2. The number of pyridine rings is 1. The van der Waals surface area contributed by atoms with Gasteiger partial charge in [0.1, 0.15) is 11.7 Å². The van der Waals surface area contributed by atoms with Crippen molar-refractivity contribution in [2.75, 3.05) is 34.0 Å². The summed E-state index contributed by atoms with van der Waals surface area (Å²) in [7, 11) is 3.03. The van der Waals surface area contributed by atoms with Crippen LogP contribution < -0.4 is 10.1 Å². The van der Waals surface area contributed by atoms with E-state index in [-0.39, 0.29) is 18.6 Å². The van der Waals surface area contributed by atoms with Crippen LogP contribution >= 0.6 is 0 Å². The average Bonchev–Trinajstić information content (AvgIpc) is 3.01. The molecule has 1 N–H and O–H groups in total. The second-order valence-electron chi connectivity index (χ2n) is 4.57. The molecule has 1 aromatic heterocycles.